The predicted octanol–water partition coefficient (Wildman–Crippen LogP) is 4.05. The van der Waals surface area contributed by atoms with Crippen LogP contribution in [0, 0.1) is 0 Å². The fourth-order valence-electron chi connectivity index (χ4n) is 3.29. The van der Waals surface area contributed by atoms with Crippen LogP contribution in [-0.4, -0.2) is 27.6 Å². The molecule has 5 nitrogen and oxygen atoms in total. The van der Waals surface area contributed by atoms with E-state index in [0.29, 0.717) is 5.02 Å². The number of ether oxygens (including phenoxy) is 1. The molecule has 1 saturated carbocycles. The average Bonchev–Trinajstić information content (AvgIpc) is 2.64. The highest BCUT2D eigenvalue weighted by Gasteiger charge is 2.30. The molecule has 2 aromatic carbocycles. The summed E-state index contributed by atoms with van der Waals surface area (Å²) in [5, 5.41) is 3.97. The minimum atomic E-state index is -3.60. The molecule has 1 fully saturated rings. The Bertz CT molecular complexity index is 840. The zero-order valence-electron chi connectivity index (χ0n) is 14.6. The average molecular weight is 395 g/mol. The molecule has 0 unspecified atom stereocenters. The van der Waals surface area contributed by atoms with E-state index in [-0.39, 0.29) is 17.0 Å². The van der Waals surface area contributed by atoms with Crippen LogP contribution in [0.25, 0.3) is 0 Å². The summed E-state index contributed by atoms with van der Waals surface area (Å²) in [6.07, 6.45) is 3.75. The smallest absolute Gasteiger partial charge is 0.240 e. The molecule has 2 N–H and O–H groups in total. The first-order valence-electron chi connectivity index (χ1n) is 8.67. The Morgan fingerprint density at radius 3 is 2.35 bits per heavy atom. The summed E-state index contributed by atoms with van der Waals surface area (Å²) in [6, 6.07) is 13.7. The van der Waals surface area contributed by atoms with Crippen molar-refractivity contribution in [3.63, 3.8) is 0 Å². The first-order valence-corrected chi connectivity index (χ1v) is 10.5. The highest BCUT2D eigenvalue weighted by atomic mass is 35.5. The zero-order chi connectivity index (χ0) is 18.6. The van der Waals surface area contributed by atoms with Gasteiger partial charge in [-0.15, -0.1) is 0 Å². The van der Waals surface area contributed by atoms with Crippen molar-refractivity contribution in [2.45, 2.75) is 42.7 Å². The number of nitrogens with one attached hydrogen (secondary N) is 2. The standard InChI is InChI=1S/C19H23ClN2O3S/c1-25-19-9-5-4-8-18(19)21-16-6-2-3-7-17(16)22-26(23,24)15-12-10-14(20)11-13-15/h4-5,8-13,16-17,21-22H,2-3,6-7H2,1H3/t16-,17+/m0/s1. The topological polar surface area (TPSA) is 67.4 Å². The number of benzene rings is 2. The van der Waals surface area contributed by atoms with E-state index < -0.39 is 10.0 Å². The van der Waals surface area contributed by atoms with E-state index in [9.17, 15) is 8.42 Å². The van der Waals surface area contributed by atoms with Gasteiger partial charge in [0.2, 0.25) is 10.0 Å². The molecule has 140 valence electrons. The number of methoxy groups -OCH3 is 1. The van der Waals surface area contributed by atoms with Crippen LogP contribution < -0.4 is 14.8 Å². The highest BCUT2D eigenvalue weighted by Crippen LogP contribution is 2.29. The van der Waals surface area contributed by atoms with Gasteiger partial charge in [-0.05, 0) is 49.2 Å². The molecule has 0 saturated heterocycles. The SMILES string of the molecule is COc1ccccc1N[C@H]1CCCC[C@H]1NS(=O)(=O)c1ccc(Cl)cc1. The van der Waals surface area contributed by atoms with E-state index in [2.05, 4.69) is 10.0 Å². The van der Waals surface area contributed by atoms with Gasteiger partial charge in [0.15, 0.2) is 0 Å². The summed E-state index contributed by atoms with van der Waals surface area (Å²) in [6.45, 7) is 0. The third-order valence-corrected chi connectivity index (χ3v) is 6.40. The Hall–Kier alpha value is -1.76. The minimum absolute atomic E-state index is 0.00197. The maximum atomic E-state index is 12.7. The second kappa shape index (κ2) is 8.29. The Balaban J connectivity index is 1.77. The van der Waals surface area contributed by atoms with Gasteiger partial charge < -0.3 is 10.1 Å². The molecule has 0 spiro atoms. The van der Waals surface area contributed by atoms with Crippen LogP contribution in [0.2, 0.25) is 5.02 Å². The largest absolute Gasteiger partial charge is 0.495 e. The van der Waals surface area contributed by atoms with Crippen molar-refractivity contribution in [1.29, 1.82) is 0 Å². The van der Waals surface area contributed by atoms with Crippen LogP contribution in [0.1, 0.15) is 25.7 Å². The third-order valence-electron chi connectivity index (χ3n) is 4.64. The molecule has 0 heterocycles. The lowest BCUT2D eigenvalue weighted by Crippen LogP contribution is -2.48. The number of hydrogen-bond acceptors (Lipinski definition) is 4. The summed E-state index contributed by atoms with van der Waals surface area (Å²) in [7, 11) is -1.97. The van der Waals surface area contributed by atoms with E-state index in [1.54, 1.807) is 19.2 Å². The lowest BCUT2D eigenvalue weighted by molar-refractivity contribution is 0.375. The molecule has 0 bridgehead atoms. The second-order valence-corrected chi connectivity index (χ2v) is 8.57. The predicted molar refractivity (Wildman–Crippen MR) is 104 cm³/mol. The summed E-state index contributed by atoms with van der Waals surface area (Å²) >= 11 is 5.86. The Labute approximate surface area is 159 Å². The van der Waals surface area contributed by atoms with Crippen LogP contribution >= 0.6 is 11.6 Å². The van der Waals surface area contributed by atoms with Gasteiger partial charge in [0.1, 0.15) is 5.75 Å². The van der Waals surface area contributed by atoms with Crippen LogP contribution in [0.15, 0.2) is 53.4 Å². The van der Waals surface area contributed by atoms with Gasteiger partial charge >= 0.3 is 0 Å². The summed E-state index contributed by atoms with van der Waals surface area (Å²) in [5.41, 5.74) is 0.873. The van der Waals surface area contributed by atoms with Crippen LogP contribution in [-0.2, 0) is 10.0 Å². The van der Waals surface area contributed by atoms with Crippen molar-refractivity contribution in [3.8, 4) is 5.75 Å². The number of para-hydroxylation sites is 2. The van der Waals surface area contributed by atoms with Gasteiger partial charge in [-0.3, -0.25) is 0 Å². The maximum absolute atomic E-state index is 12.7. The molecule has 0 amide bonds. The quantitative estimate of drug-likeness (QED) is 0.775. The van der Waals surface area contributed by atoms with E-state index in [4.69, 9.17) is 16.3 Å². The minimum Gasteiger partial charge on any atom is -0.495 e. The normalized spacial score (nSPS) is 20.5. The molecule has 1 aliphatic rings. The van der Waals surface area contributed by atoms with Gasteiger partial charge in [0.25, 0.3) is 0 Å². The number of anilines is 1. The van der Waals surface area contributed by atoms with Gasteiger partial charge in [-0.1, -0.05) is 36.6 Å². The highest BCUT2D eigenvalue weighted by molar-refractivity contribution is 7.89. The van der Waals surface area contributed by atoms with Crippen LogP contribution in [0.4, 0.5) is 5.69 Å². The van der Waals surface area contributed by atoms with E-state index >= 15 is 0 Å². The molecule has 26 heavy (non-hydrogen) atoms. The van der Waals surface area contributed by atoms with E-state index in [0.717, 1.165) is 37.1 Å². The van der Waals surface area contributed by atoms with Crippen molar-refractivity contribution >= 4 is 27.3 Å². The summed E-state index contributed by atoms with van der Waals surface area (Å²) in [4.78, 5) is 0.225. The first-order chi connectivity index (χ1) is 12.5. The van der Waals surface area contributed by atoms with Gasteiger partial charge in [-0.2, -0.15) is 0 Å². The molecule has 3 rings (SSSR count). The molecule has 0 radical (unpaired) electrons. The van der Waals surface area contributed by atoms with Crippen molar-refractivity contribution < 1.29 is 13.2 Å². The van der Waals surface area contributed by atoms with Gasteiger partial charge in [0, 0.05) is 17.1 Å². The molecule has 1 aliphatic carbocycles. The lowest BCUT2D eigenvalue weighted by Gasteiger charge is -2.33. The fourth-order valence-corrected chi connectivity index (χ4v) is 4.73. The van der Waals surface area contributed by atoms with E-state index in [1.165, 1.54) is 12.1 Å². The number of sulfonamides is 1. The number of hydrogen-bond donors (Lipinski definition) is 2. The number of halogens is 1. The molecular weight excluding hydrogens is 372 g/mol. The van der Waals surface area contributed by atoms with Crippen molar-refractivity contribution in [1.82, 2.24) is 4.72 Å². The molecule has 0 aromatic heterocycles. The Morgan fingerprint density at radius 1 is 1.00 bits per heavy atom. The summed E-state index contributed by atoms with van der Waals surface area (Å²) < 4.78 is 33.7. The molecular formula is C19H23ClN2O3S. The molecule has 2 aromatic rings. The van der Waals surface area contributed by atoms with Crippen molar-refractivity contribution in [2.24, 2.45) is 0 Å². The first kappa shape index (κ1) is 19.0. The zero-order valence-corrected chi connectivity index (χ0v) is 16.2. The lowest BCUT2D eigenvalue weighted by atomic mass is 9.91. The molecule has 2 atom stereocenters. The Kier molecular flexibility index (Phi) is 6.06. The summed E-state index contributed by atoms with van der Waals surface area (Å²) in [5.74, 6) is 0.748. The Morgan fingerprint density at radius 2 is 1.65 bits per heavy atom. The second-order valence-electron chi connectivity index (χ2n) is 6.42. The van der Waals surface area contributed by atoms with Crippen molar-refractivity contribution in [2.75, 3.05) is 12.4 Å². The molecule has 0 aliphatic heterocycles. The van der Waals surface area contributed by atoms with Gasteiger partial charge in [0.05, 0.1) is 17.7 Å². The number of rotatable bonds is 6. The fraction of sp³-hybridized carbons (Fsp3) is 0.368. The van der Waals surface area contributed by atoms with Crippen molar-refractivity contribution in [3.05, 3.63) is 53.6 Å². The third kappa shape index (κ3) is 4.50. The molecule has 7 heteroatoms. The van der Waals surface area contributed by atoms with E-state index in [1.807, 2.05) is 24.3 Å². The van der Waals surface area contributed by atoms with Crippen LogP contribution in [0.3, 0.4) is 0 Å². The van der Waals surface area contributed by atoms with Crippen LogP contribution in [0.5, 0.6) is 5.75 Å². The monoisotopic (exact) mass is 394 g/mol. The maximum Gasteiger partial charge on any atom is 0.240 e. The van der Waals surface area contributed by atoms with Gasteiger partial charge in [-0.25, -0.2) is 13.1 Å².